The van der Waals surface area contributed by atoms with Crippen molar-refractivity contribution in [2.75, 3.05) is 12.0 Å². The molecule has 55 heavy (non-hydrogen) atoms. The third kappa shape index (κ3) is 9.62. The maximum Gasteiger partial charge on any atom is 0.339 e. The summed E-state index contributed by atoms with van der Waals surface area (Å²) in [6.07, 6.45) is -9.11. The summed E-state index contributed by atoms with van der Waals surface area (Å²) in [5.74, 6) is -7.87. The van der Waals surface area contributed by atoms with Crippen LogP contribution in [0.1, 0.15) is 69.3 Å². The van der Waals surface area contributed by atoms with E-state index >= 15 is 0 Å². The molecule has 0 N–H and O–H groups in total. The quantitative estimate of drug-likeness (QED) is 0.132. The second-order valence-corrected chi connectivity index (χ2v) is 12.5. The van der Waals surface area contributed by atoms with Gasteiger partial charge in [0.2, 0.25) is 18.3 Å². The van der Waals surface area contributed by atoms with Gasteiger partial charge in [-0.25, -0.2) is 13.6 Å². The molecule has 2 fully saturated rings. The number of amides is 1. The number of carbonyl (C=O) groups excluding carboxylic acids is 6. The molecule has 8 atom stereocenters. The summed E-state index contributed by atoms with van der Waals surface area (Å²) in [5.41, 5.74) is 0.328. The zero-order chi connectivity index (χ0) is 43.5. The van der Waals surface area contributed by atoms with Gasteiger partial charge in [-0.2, -0.15) is 0 Å². The number of hydrogen-bond donors (Lipinski definition) is 0. The molecule has 0 radical (unpaired) electrons. The fraction of sp³-hybridized carbons (Fsp3) is 0.385. The number of anilines is 1. The van der Waals surface area contributed by atoms with Gasteiger partial charge in [-0.05, 0) is 72.4 Å². The minimum absolute atomic E-state index is 0.00181. The Labute approximate surface area is 320 Å². The SMILES string of the molecule is [2H]c1c([2H])c(N2C(=O)[C@H](CC[C@H](OC(C)=O)c3ccc(F)cc3)[C@H]2c2ccc(OC3OC(C(=O)OC)C(OC(C)=O)C(OC(C)=O)C3OC(C)=O)cc2)c([2H])c([2H])c1F. The summed E-state index contributed by atoms with van der Waals surface area (Å²) in [4.78, 5) is 76.3. The molecular formula is C39H39F2NO13. The Morgan fingerprint density at radius 1 is 0.782 bits per heavy atom. The van der Waals surface area contributed by atoms with Crippen molar-refractivity contribution in [1.29, 1.82) is 0 Å². The first-order chi connectivity index (χ1) is 27.8. The van der Waals surface area contributed by atoms with E-state index in [0.29, 0.717) is 11.1 Å². The smallest absolute Gasteiger partial charge is 0.339 e. The van der Waals surface area contributed by atoms with Crippen molar-refractivity contribution in [3.63, 3.8) is 0 Å². The second-order valence-electron chi connectivity index (χ2n) is 12.5. The van der Waals surface area contributed by atoms with Crippen molar-refractivity contribution in [3.05, 3.63) is 95.5 Å². The molecule has 0 spiro atoms. The first kappa shape index (κ1) is 34.8. The molecule has 2 aliphatic rings. The Kier molecular flexibility index (Phi) is 11.1. The summed E-state index contributed by atoms with van der Waals surface area (Å²) in [6, 6.07) is 6.35. The van der Waals surface area contributed by atoms with Crippen LogP contribution in [0.15, 0.2) is 72.7 Å². The number of esters is 5. The summed E-state index contributed by atoms with van der Waals surface area (Å²) in [7, 11) is 1.03. The van der Waals surface area contributed by atoms with E-state index in [1.54, 1.807) is 0 Å². The fourth-order valence-electron chi connectivity index (χ4n) is 6.43. The lowest BCUT2D eigenvalue weighted by Gasteiger charge is -2.48. The Hall–Kier alpha value is -5.90. The van der Waals surface area contributed by atoms with Gasteiger partial charge in [0.25, 0.3) is 0 Å². The summed E-state index contributed by atoms with van der Waals surface area (Å²) in [5, 5.41) is 0. The second kappa shape index (κ2) is 17.5. The van der Waals surface area contributed by atoms with E-state index in [1.807, 2.05) is 0 Å². The molecule has 2 aliphatic heterocycles. The van der Waals surface area contributed by atoms with E-state index in [4.69, 9.17) is 38.6 Å². The minimum atomic E-state index is -1.73. The molecule has 5 unspecified atom stereocenters. The van der Waals surface area contributed by atoms with Gasteiger partial charge in [-0.15, -0.1) is 0 Å². The van der Waals surface area contributed by atoms with Crippen molar-refractivity contribution in [2.24, 2.45) is 5.92 Å². The first-order valence-corrected chi connectivity index (χ1v) is 16.9. The zero-order valence-corrected chi connectivity index (χ0v) is 30.2. The Morgan fingerprint density at radius 3 is 1.93 bits per heavy atom. The van der Waals surface area contributed by atoms with Crippen LogP contribution in [-0.2, 0) is 57.2 Å². The predicted octanol–water partition coefficient (Wildman–Crippen LogP) is 4.83. The average Bonchev–Trinajstić information content (AvgIpc) is 3.18. The molecule has 0 bridgehead atoms. The van der Waals surface area contributed by atoms with Crippen LogP contribution < -0.4 is 9.64 Å². The molecule has 14 nitrogen and oxygen atoms in total. The van der Waals surface area contributed by atoms with Crippen LogP contribution >= 0.6 is 0 Å². The molecule has 2 heterocycles. The highest BCUT2D eigenvalue weighted by atomic mass is 19.1. The van der Waals surface area contributed by atoms with Gasteiger partial charge < -0.3 is 38.1 Å². The van der Waals surface area contributed by atoms with E-state index in [1.165, 1.54) is 55.5 Å². The van der Waals surface area contributed by atoms with Gasteiger partial charge in [-0.3, -0.25) is 24.0 Å². The lowest BCUT2D eigenvalue weighted by molar-refractivity contribution is -0.282. The Balaban J connectivity index is 1.51. The van der Waals surface area contributed by atoms with Crippen LogP contribution in [0.2, 0.25) is 0 Å². The number of ether oxygens (including phenoxy) is 7. The standard InChI is InChI=1S/C39H39F2NO13/c1-20(43)50-31(24-6-10-26(40)11-7-24)19-18-30-32(42(37(30)47)28-14-12-27(41)13-15-28)25-8-16-29(17-9-25)54-39-36(53-23(4)46)34(52-22(3)45)33(51-21(2)44)35(55-39)38(48)49-5/h6-17,30-36,39H,18-19H2,1-5H3/t30-,31+,32-,33?,34?,35?,36?,39?/m1/s1/i12D,13D,14D,15D. The van der Waals surface area contributed by atoms with Crippen LogP contribution in [-0.4, -0.2) is 73.6 Å². The highest BCUT2D eigenvalue weighted by molar-refractivity contribution is 6.03. The van der Waals surface area contributed by atoms with Crippen LogP contribution in [0.3, 0.4) is 0 Å². The number of benzene rings is 3. The summed E-state index contributed by atoms with van der Waals surface area (Å²) in [6.45, 7) is 4.29. The van der Waals surface area contributed by atoms with E-state index in [2.05, 4.69) is 0 Å². The summed E-state index contributed by atoms with van der Waals surface area (Å²) < 4.78 is 99.5. The van der Waals surface area contributed by atoms with E-state index < -0.39 is 126 Å². The topological polar surface area (TPSA) is 170 Å². The maximum absolute atomic E-state index is 14.6. The fourth-order valence-corrected chi connectivity index (χ4v) is 6.43. The van der Waals surface area contributed by atoms with Gasteiger partial charge in [0, 0.05) is 33.4 Å². The number of rotatable bonds is 13. The van der Waals surface area contributed by atoms with Crippen molar-refractivity contribution >= 4 is 41.4 Å². The van der Waals surface area contributed by atoms with Crippen molar-refractivity contribution in [1.82, 2.24) is 0 Å². The monoisotopic (exact) mass is 771 g/mol. The molecule has 5 rings (SSSR count). The minimum Gasteiger partial charge on any atom is -0.467 e. The largest absolute Gasteiger partial charge is 0.467 e. The highest BCUT2D eigenvalue weighted by Crippen LogP contribution is 2.47. The lowest BCUT2D eigenvalue weighted by atomic mass is 9.78. The van der Waals surface area contributed by atoms with Gasteiger partial charge in [0.1, 0.15) is 23.5 Å². The van der Waals surface area contributed by atoms with Crippen LogP contribution in [0, 0.1) is 17.6 Å². The van der Waals surface area contributed by atoms with Gasteiger partial charge in [0.15, 0.2) is 18.3 Å². The van der Waals surface area contributed by atoms with E-state index in [-0.39, 0.29) is 18.6 Å². The van der Waals surface area contributed by atoms with Crippen LogP contribution in [0.5, 0.6) is 5.75 Å². The molecule has 3 aromatic carbocycles. The number of nitrogens with zero attached hydrogens (tertiary/aromatic N) is 1. The first-order valence-electron chi connectivity index (χ1n) is 18.9. The van der Waals surface area contributed by atoms with Crippen molar-refractivity contribution in [3.8, 4) is 5.75 Å². The molecular weight excluding hydrogens is 728 g/mol. The third-order valence-electron chi connectivity index (χ3n) is 8.63. The number of β-lactam (4-membered cyclic amide) rings is 1. The zero-order valence-electron chi connectivity index (χ0n) is 34.2. The van der Waals surface area contributed by atoms with E-state index in [0.717, 1.165) is 32.8 Å². The van der Waals surface area contributed by atoms with Crippen molar-refractivity contribution in [2.45, 2.75) is 83.4 Å². The highest BCUT2D eigenvalue weighted by Gasteiger charge is 2.56. The third-order valence-corrected chi connectivity index (χ3v) is 8.63. The van der Waals surface area contributed by atoms with Crippen LogP contribution in [0.4, 0.5) is 14.5 Å². The molecule has 0 aliphatic carbocycles. The predicted molar refractivity (Wildman–Crippen MR) is 185 cm³/mol. The molecule has 0 saturated carbocycles. The molecule has 3 aromatic rings. The molecule has 1 amide bonds. The Morgan fingerprint density at radius 2 is 1.36 bits per heavy atom. The number of hydrogen-bond acceptors (Lipinski definition) is 13. The van der Waals surface area contributed by atoms with E-state index in [9.17, 15) is 37.5 Å². The van der Waals surface area contributed by atoms with Gasteiger partial charge in [0.05, 0.1) is 24.6 Å². The summed E-state index contributed by atoms with van der Waals surface area (Å²) >= 11 is 0. The lowest BCUT2D eigenvalue weighted by Crippen LogP contribution is -2.64. The number of halogens is 2. The Bertz CT molecular complexity index is 2100. The molecule has 292 valence electrons. The molecule has 16 heteroatoms. The van der Waals surface area contributed by atoms with Crippen molar-refractivity contribution < 1.29 is 76.2 Å². The number of methoxy groups -OCH3 is 1. The average molecular weight is 772 g/mol. The molecule has 2 saturated heterocycles. The van der Waals surface area contributed by atoms with Crippen LogP contribution in [0.25, 0.3) is 0 Å². The number of carbonyl (C=O) groups is 6. The molecule has 0 aromatic heterocycles. The normalized spacial score (nSPS) is 24.7. The van der Waals surface area contributed by atoms with Gasteiger partial charge >= 0.3 is 29.8 Å². The van der Waals surface area contributed by atoms with Gasteiger partial charge in [-0.1, -0.05) is 24.3 Å². The maximum atomic E-state index is 14.6.